The van der Waals surface area contributed by atoms with E-state index >= 15 is 0 Å². The molecular weight excluding hydrogens is 344 g/mol. The van der Waals surface area contributed by atoms with Gasteiger partial charge in [-0.2, -0.15) is 0 Å². The molecule has 158 valence electrons. The number of rotatable bonds is 11. The number of fused-ring (bicyclic) bond motifs is 1. The molecule has 0 aromatic heterocycles. The molecule has 0 amide bonds. The van der Waals surface area contributed by atoms with Crippen LogP contribution in [0.15, 0.2) is 37.0 Å². The minimum absolute atomic E-state index is 0.0101. The third-order valence-electron chi connectivity index (χ3n) is 7.28. The molecule has 28 heavy (non-hydrogen) atoms. The Balaban J connectivity index is 1.57. The average Bonchev–Trinajstić information content (AvgIpc) is 3.23. The van der Waals surface area contributed by atoms with Gasteiger partial charge in [-0.25, -0.2) is 0 Å². The zero-order chi connectivity index (χ0) is 19.8. The highest BCUT2D eigenvalue weighted by atomic mass is 16.7. The van der Waals surface area contributed by atoms with Crippen molar-refractivity contribution in [2.75, 3.05) is 6.61 Å². The van der Waals surface area contributed by atoms with E-state index in [1.807, 2.05) is 0 Å². The zero-order valence-electron chi connectivity index (χ0n) is 18.1. The Labute approximate surface area is 173 Å². The molecule has 1 heterocycles. The summed E-state index contributed by atoms with van der Waals surface area (Å²) in [6, 6.07) is 0. The zero-order valence-corrected chi connectivity index (χ0v) is 18.1. The maximum Gasteiger partial charge on any atom is 0.158 e. The van der Waals surface area contributed by atoms with Crippen LogP contribution in [0.25, 0.3) is 0 Å². The molecule has 1 saturated heterocycles. The fraction of sp³-hybridized carbons (Fsp3) is 0.769. The molecule has 0 radical (unpaired) electrons. The normalized spacial score (nSPS) is 34.0. The Bertz CT molecular complexity index is 517. The lowest BCUT2D eigenvalue weighted by atomic mass is 9.86. The van der Waals surface area contributed by atoms with E-state index in [9.17, 15) is 0 Å². The Kier molecular flexibility index (Phi) is 8.86. The van der Waals surface area contributed by atoms with Crippen molar-refractivity contribution in [3.8, 4) is 0 Å². The molecule has 2 saturated carbocycles. The van der Waals surface area contributed by atoms with Crippen LogP contribution >= 0.6 is 0 Å². The summed E-state index contributed by atoms with van der Waals surface area (Å²) in [5, 5.41) is 0. The molecule has 0 bridgehead atoms. The molecule has 3 rings (SSSR count). The van der Waals surface area contributed by atoms with Crippen LogP contribution in [-0.4, -0.2) is 19.0 Å². The molecule has 0 aromatic carbocycles. The summed E-state index contributed by atoms with van der Waals surface area (Å²) in [5.41, 5.74) is 1.50. The molecule has 6 atom stereocenters. The van der Waals surface area contributed by atoms with Gasteiger partial charge in [0, 0.05) is 6.61 Å². The standard InChI is InChI=1S/C26H42O2/c1-4-6-8-11-22(28-26-13-9-10-18-27-26)16-14-21-15-17-24-23(12-7-5-2)20(3)19-25(21)24/h5,14,16,21-26H,2-4,6-13,15,17-19H2,1H3/t21-,22+,23+,24-,25+,26?/m1/s1. The molecular formula is C26H42O2. The van der Waals surface area contributed by atoms with Crippen molar-refractivity contribution in [2.45, 2.75) is 96.4 Å². The summed E-state index contributed by atoms with van der Waals surface area (Å²) >= 11 is 0. The average molecular weight is 387 g/mol. The van der Waals surface area contributed by atoms with Gasteiger partial charge in [-0.05, 0) is 81.5 Å². The van der Waals surface area contributed by atoms with E-state index < -0.39 is 0 Å². The molecule has 1 aliphatic heterocycles. The second-order valence-corrected chi connectivity index (χ2v) is 9.26. The van der Waals surface area contributed by atoms with E-state index in [1.165, 1.54) is 63.4 Å². The fourth-order valence-corrected chi connectivity index (χ4v) is 5.73. The van der Waals surface area contributed by atoms with Gasteiger partial charge >= 0.3 is 0 Å². The van der Waals surface area contributed by atoms with Crippen LogP contribution in [0.2, 0.25) is 0 Å². The van der Waals surface area contributed by atoms with Crippen molar-refractivity contribution in [3.05, 3.63) is 37.0 Å². The molecule has 2 aliphatic carbocycles. The first-order valence-electron chi connectivity index (χ1n) is 12.0. The smallest absolute Gasteiger partial charge is 0.158 e. The molecule has 2 nitrogen and oxygen atoms in total. The van der Waals surface area contributed by atoms with Crippen molar-refractivity contribution in [3.63, 3.8) is 0 Å². The van der Waals surface area contributed by atoms with E-state index in [1.54, 1.807) is 0 Å². The van der Waals surface area contributed by atoms with E-state index in [4.69, 9.17) is 9.47 Å². The van der Waals surface area contributed by atoms with Crippen LogP contribution in [0.5, 0.6) is 0 Å². The quantitative estimate of drug-likeness (QED) is 0.276. The van der Waals surface area contributed by atoms with Gasteiger partial charge in [0.2, 0.25) is 0 Å². The summed E-state index contributed by atoms with van der Waals surface area (Å²) in [6.45, 7) is 11.5. The highest BCUT2D eigenvalue weighted by Gasteiger charge is 2.45. The van der Waals surface area contributed by atoms with Crippen molar-refractivity contribution in [1.29, 1.82) is 0 Å². The van der Waals surface area contributed by atoms with Gasteiger partial charge in [0.15, 0.2) is 6.29 Å². The van der Waals surface area contributed by atoms with E-state index in [2.05, 4.69) is 38.3 Å². The predicted octanol–water partition coefficient (Wildman–Crippen LogP) is 7.22. The Morgan fingerprint density at radius 2 is 2.07 bits per heavy atom. The van der Waals surface area contributed by atoms with Crippen molar-refractivity contribution < 1.29 is 9.47 Å². The molecule has 0 N–H and O–H groups in total. The lowest BCUT2D eigenvalue weighted by Gasteiger charge is -2.27. The first-order valence-corrected chi connectivity index (χ1v) is 12.0. The fourth-order valence-electron chi connectivity index (χ4n) is 5.73. The van der Waals surface area contributed by atoms with Crippen molar-refractivity contribution >= 4 is 0 Å². The summed E-state index contributed by atoms with van der Waals surface area (Å²) in [6.07, 6.45) is 21.9. The van der Waals surface area contributed by atoms with Crippen LogP contribution in [0.1, 0.15) is 84.0 Å². The predicted molar refractivity (Wildman–Crippen MR) is 118 cm³/mol. The maximum atomic E-state index is 6.37. The van der Waals surface area contributed by atoms with E-state index in [0.717, 1.165) is 43.6 Å². The topological polar surface area (TPSA) is 18.5 Å². The molecule has 2 heteroatoms. The highest BCUT2D eigenvalue weighted by molar-refractivity contribution is 5.17. The SMILES string of the molecule is C=CCC[C@H]1C(=C)C[C@@H]2[C@@H]1CC[C@H]2C=C[C@H](CCCCC)OC1CCCCO1. The highest BCUT2D eigenvalue weighted by Crippen LogP contribution is 2.54. The second kappa shape index (κ2) is 11.4. The molecule has 1 unspecified atom stereocenters. The summed E-state index contributed by atoms with van der Waals surface area (Å²) < 4.78 is 12.2. The van der Waals surface area contributed by atoms with Crippen LogP contribution in [0.3, 0.4) is 0 Å². The summed E-state index contributed by atoms with van der Waals surface area (Å²) in [7, 11) is 0. The molecule has 3 fully saturated rings. The van der Waals surface area contributed by atoms with Gasteiger partial charge in [0.1, 0.15) is 0 Å². The summed E-state index contributed by atoms with van der Waals surface area (Å²) in [5.74, 6) is 3.10. The number of ether oxygens (including phenoxy) is 2. The van der Waals surface area contributed by atoms with Gasteiger partial charge in [-0.15, -0.1) is 6.58 Å². The minimum Gasteiger partial charge on any atom is -0.353 e. The van der Waals surface area contributed by atoms with Gasteiger partial charge in [-0.3, -0.25) is 0 Å². The van der Waals surface area contributed by atoms with Crippen molar-refractivity contribution in [1.82, 2.24) is 0 Å². The summed E-state index contributed by atoms with van der Waals surface area (Å²) in [4.78, 5) is 0. The van der Waals surface area contributed by atoms with Gasteiger partial charge in [-0.1, -0.05) is 56.6 Å². The maximum absolute atomic E-state index is 6.37. The Morgan fingerprint density at radius 1 is 1.18 bits per heavy atom. The number of allylic oxidation sites excluding steroid dienone is 3. The molecule has 3 aliphatic rings. The lowest BCUT2D eigenvalue weighted by molar-refractivity contribution is -0.179. The number of unbranched alkanes of at least 4 members (excludes halogenated alkanes) is 2. The third kappa shape index (κ3) is 5.83. The number of hydrogen-bond acceptors (Lipinski definition) is 2. The first-order chi connectivity index (χ1) is 13.7. The number of hydrogen-bond donors (Lipinski definition) is 0. The van der Waals surface area contributed by atoms with Crippen LogP contribution in [0, 0.1) is 23.7 Å². The van der Waals surface area contributed by atoms with Crippen LogP contribution in [-0.2, 0) is 9.47 Å². The lowest BCUT2D eigenvalue weighted by Crippen LogP contribution is -2.27. The Hall–Kier alpha value is -0.860. The van der Waals surface area contributed by atoms with Gasteiger partial charge < -0.3 is 9.47 Å². The molecule has 0 aromatic rings. The van der Waals surface area contributed by atoms with Crippen molar-refractivity contribution in [2.24, 2.45) is 23.7 Å². The Morgan fingerprint density at radius 3 is 2.82 bits per heavy atom. The van der Waals surface area contributed by atoms with Gasteiger partial charge in [0.05, 0.1) is 6.10 Å². The largest absolute Gasteiger partial charge is 0.353 e. The third-order valence-corrected chi connectivity index (χ3v) is 7.28. The second-order valence-electron chi connectivity index (χ2n) is 9.26. The molecule has 0 spiro atoms. The monoisotopic (exact) mass is 386 g/mol. The minimum atomic E-state index is 0.0101. The first kappa shape index (κ1) is 21.8. The van der Waals surface area contributed by atoms with E-state index in [0.29, 0.717) is 5.92 Å². The van der Waals surface area contributed by atoms with E-state index in [-0.39, 0.29) is 12.4 Å². The van der Waals surface area contributed by atoms with Gasteiger partial charge in [0.25, 0.3) is 0 Å². The van der Waals surface area contributed by atoms with Crippen LogP contribution in [0.4, 0.5) is 0 Å². The van der Waals surface area contributed by atoms with Crippen LogP contribution < -0.4 is 0 Å².